The molecule has 0 heterocycles. The summed E-state index contributed by atoms with van der Waals surface area (Å²) in [4.78, 5) is 1.36. The van der Waals surface area contributed by atoms with Crippen molar-refractivity contribution < 1.29 is 4.74 Å². The van der Waals surface area contributed by atoms with Gasteiger partial charge >= 0.3 is 0 Å². The van der Waals surface area contributed by atoms with Gasteiger partial charge in [-0.15, -0.1) is 11.8 Å². The molecular weight excluding hydrogens is 348 g/mol. The van der Waals surface area contributed by atoms with E-state index in [4.69, 9.17) is 4.74 Å². The van der Waals surface area contributed by atoms with Crippen molar-refractivity contribution in [2.24, 2.45) is 0 Å². The molecule has 0 spiro atoms. The average molecular weight is 385 g/mol. The zero-order chi connectivity index (χ0) is 19.9. The third kappa shape index (κ3) is 10.9. The van der Waals surface area contributed by atoms with Gasteiger partial charge in [-0.1, -0.05) is 69.2 Å². The lowest BCUT2D eigenvalue weighted by atomic mass is 10.1. The lowest BCUT2D eigenvalue weighted by Gasteiger charge is -2.04. The number of rotatable bonds is 10. The van der Waals surface area contributed by atoms with Crippen LogP contribution in [0.15, 0.2) is 65.6 Å². The van der Waals surface area contributed by atoms with Gasteiger partial charge in [0.15, 0.2) is 0 Å². The number of aryl methyl sites for hydroxylation is 2. The first-order chi connectivity index (χ1) is 13.1. The summed E-state index contributed by atoms with van der Waals surface area (Å²) in [5, 5.41) is 0. The van der Waals surface area contributed by atoms with Crippen LogP contribution in [0, 0.1) is 6.92 Å². The number of benzene rings is 2. The Kier molecular flexibility index (Phi) is 12.5. The highest BCUT2D eigenvalue weighted by Gasteiger charge is 1.97. The molecule has 148 valence electrons. The number of unbranched alkanes of at least 4 members (excludes halogenated alkanes) is 1. The largest absolute Gasteiger partial charge is 0.494 e. The molecule has 0 aliphatic carbocycles. The molecule has 0 aromatic heterocycles. The number of thioether (sulfide) groups is 1. The maximum absolute atomic E-state index is 5.41. The minimum atomic E-state index is 0.809. The van der Waals surface area contributed by atoms with E-state index < -0.39 is 0 Å². The molecule has 0 bridgehead atoms. The van der Waals surface area contributed by atoms with E-state index in [1.54, 1.807) is 0 Å². The standard InChI is InChI=1S/C15H22S.C10H14O/c1-4-6-7-14-8-10-15(11-9-14)16-12-13(3)5-2;1-3-8-11-10-6-4-9(2)5-7-10/h8-11H,3-7,12H2,1-2H3;4-7H,3,8H2,1-2H3. The van der Waals surface area contributed by atoms with Crippen LogP contribution >= 0.6 is 11.8 Å². The van der Waals surface area contributed by atoms with Crippen LogP contribution in [0.1, 0.15) is 57.6 Å². The predicted molar refractivity (Wildman–Crippen MR) is 122 cm³/mol. The van der Waals surface area contributed by atoms with Gasteiger partial charge in [0, 0.05) is 10.6 Å². The molecule has 0 saturated heterocycles. The summed E-state index contributed by atoms with van der Waals surface area (Å²) >= 11 is 1.89. The van der Waals surface area contributed by atoms with Gasteiger partial charge in [-0.05, 0) is 62.4 Å². The molecule has 0 saturated carbocycles. The first-order valence-corrected chi connectivity index (χ1v) is 11.1. The summed E-state index contributed by atoms with van der Waals surface area (Å²) in [5.74, 6) is 2.02. The first-order valence-electron chi connectivity index (χ1n) is 10.2. The Balaban J connectivity index is 0.000000289. The summed E-state index contributed by atoms with van der Waals surface area (Å²) in [6.07, 6.45) is 5.92. The van der Waals surface area contributed by atoms with Crippen molar-refractivity contribution >= 4 is 11.8 Å². The Hall–Kier alpha value is -1.67. The van der Waals surface area contributed by atoms with Crippen LogP contribution in [0.5, 0.6) is 5.75 Å². The minimum absolute atomic E-state index is 0.809. The van der Waals surface area contributed by atoms with E-state index in [2.05, 4.69) is 70.7 Å². The van der Waals surface area contributed by atoms with Crippen LogP contribution in [0.4, 0.5) is 0 Å². The molecule has 2 rings (SSSR count). The molecule has 0 amide bonds. The molecule has 1 nitrogen and oxygen atoms in total. The van der Waals surface area contributed by atoms with Crippen molar-refractivity contribution in [3.8, 4) is 5.75 Å². The third-order valence-corrected chi connectivity index (χ3v) is 5.34. The molecule has 2 aromatic carbocycles. The second kappa shape index (κ2) is 14.4. The molecule has 0 unspecified atom stereocenters. The highest BCUT2D eigenvalue weighted by Crippen LogP contribution is 2.21. The first kappa shape index (κ1) is 23.4. The highest BCUT2D eigenvalue weighted by molar-refractivity contribution is 7.99. The Labute approximate surface area is 171 Å². The van der Waals surface area contributed by atoms with E-state index in [1.807, 2.05) is 23.9 Å². The number of hydrogen-bond donors (Lipinski definition) is 0. The van der Waals surface area contributed by atoms with Gasteiger partial charge in [0.2, 0.25) is 0 Å². The van der Waals surface area contributed by atoms with Crippen LogP contribution in [0.2, 0.25) is 0 Å². The van der Waals surface area contributed by atoms with Crippen LogP contribution in [0.3, 0.4) is 0 Å². The quantitative estimate of drug-likeness (QED) is 0.304. The zero-order valence-corrected chi connectivity index (χ0v) is 18.4. The fourth-order valence-corrected chi connectivity index (χ4v) is 3.18. The van der Waals surface area contributed by atoms with Crippen molar-refractivity contribution in [1.29, 1.82) is 0 Å². The minimum Gasteiger partial charge on any atom is -0.494 e. The fraction of sp³-hybridized carbons (Fsp3) is 0.440. The maximum atomic E-state index is 5.41. The summed E-state index contributed by atoms with van der Waals surface area (Å²) in [6, 6.07) is 17.1. The lowest BCUT2D eigenvalue weighted by Crippen LogP contribution is -1.94. The van der Waals surface area contributed by atoms with Crippen LogP contribution < -0.4 is 4.74 Å². The average Bonchev–Trinajstić information content (AvgIpc) is 2.71. The smallest absolute Gasteiger partial charge is 0.119 e. The molecule has 0 atom stereocenters. The Morgan fingerprint density at radius 2 is 1.59 bits per heavy atom. The normalized spacial score (nSPS) is 10.1. The zero-order valence-electron chi connectivity index (χ0n) is 17.6. The van der Waals surface area contributed by atoms with Gasteiger partial charge in [0.1, 0.15) is 5.75 Å². The van der Waals surface area contributed by atoms with E-state index in [-0.39, 0.29) is 0 Å². The van der Waals surface area contributed by atoms with E-state index in [1.165, 1.54) is 40.9 Å². The van der Waals surface area contributed by atoms with Crippen molar-refractivity contribution in [2.45, 2.75) is 64.7 Å². The second-order valence-corrected chi connectivity index (χ2v) is 7.85. The molecule has 0 fully saturated rings. The van der Waals surface area contributed by atoms with Crippen LogP contribution in [-0.4, -0.2) is 12.4 Å². The summed E-state index contributed by atoms with van der Waals surface area (Å²) in [6.45, 7) is 13.4. The van der Waals surface area contributed by atoms with Crippen LogP contribution in [0.25, 0.3) is 0 Å². The predicted octanol–water partition coefficient (Wildman–Crippen LogP) is 7.87. The summed E-state index contributed by atoms with van der Waals surface area (Å²) in [5.41, 5.74) is 4.05. The molecule has 0 N–H and O–H groups in total. The number of ether oxygens (including phenoxy) is 1. The van der Waals surface area contributed by atoms with Gasteiger partial charge in [0.05, 0.1) is 6.61 Å². The topological polar surface area (TPSA) is 9.23 Å². The van der Waals surface area contributed by atoms with E-state index in [9.17, 15) is 0 Å². The van der Waals surface area contributed by atoms with Gasteiger partial charge in [-0.25, -0.2) is 0 Å². The molecule has 0 aliphatic rings. The van der Waals surface area contributed by atoms with E-state index in [0.29, 0.717) is 0 Å². The van der Waals surface area contributed by atoms with Crippen LogP contribution in [-0.2, 0) is 6.42 Å². The molecule has 2 aromatic rings. The monoisotopic (exact) mass is 384 g/mol. The van der Waals surface area contributed by atoms with Crippen molar-refractivity contribution in [3.05, 3.63) is 71.8 Å². The Bertz CT molecular complexity index is 628. The summed E-state index contributed by atoms with van der Waals surface area (Å²) < 4.78 is 5.41. The van der Waals surface area contributed by atoms with Crippen molar-refractivity contribution in [1.82, 2.24) is 0 Å². The van der Waals surface area contributed by atoms with E-state index in [0.717, 1.165) is 31.0 Å². The van der Waals surface area contributed by atoms with Gasteiger partial charge in [-0.2, -0.15) is 0 Å². The molecule has 27 heavy (non-hydrogen) atoms. The van der Waals surface area contributed by atoms with Gasteiger partial charge in [-0.3, -0.25) is 0 Å². The fourth-order valence-electron chi connectivity index (χ4n) is 2.28. The van der Waals surface area contributed by atoms with Gasteiger partial charge < -0.3 is 4.74 Å². The van der Waals surface area contributed by atoms with E-state index >= 15 is 0 Å². The lowest BCUT2D eigenvalue weighted by molar-refractivity contribution is 0.317. The molecule has 0 radical (unpaired) electrons. The SMILES string of the molecule is C=C(CC)CSc1ccc(CCCC)cc1.CCCOc1ccc(C)cc1. The number of hydrogen-bond acceptors (Lipinski definition) is 2. The van der Waals surface area contributed by atoms with Crippen molar-refractivity contribution in [3.63, 3.8) is 0 Å². The molecule has 0 aliphatic heterocycles. The maximum Gasteiger partial charge on any atom is 0.119 e. The summed E-state index contributed by atoms with van der Waals surface area (Å²) in [7, 11) is 0. The molecule has 2 heteroatoms. The molecular formula is C25H36OS. The van der Waals surface area contributed by atoms with Gasteiger partial charge in [0.25, 0.3) is 0 Å². The van der Waals surface area contributed by atoms with Crippen molar-refractivity contribution in [2.75, 3.05) is 12.4 Å². The Morgan fingerprint density at radius 1 is 0.926 bits per heavy atom. The third-order valence-electron chi connectivity index (χ3n) is 4.18. The second-order valence-electron chi connectivity index (χ2n) is 6.80. The Morgan fingerprint density at radius 3 is 2.15 bits per heavy atom. The highest BCUT2D eigenvalue weighted by atomic mass is 32.2.